The van der Waals surface area contributed by atoms with Crippen molar-refractivity contribution in [2.24, 2.45) is 0 Å². The van der Waals surface area contributed by atoms with Gasteiger partial charge in [0.25, 0.3) is 0 Å². The quantitative estimate of drug-likeness (QED) is 0.758. The van der Waals surface area contributed by atoms with Crippen molar-refractivity contribution in [1.29, 1.82) is 0 Å². The molecule has 2 heterocycles. The van der Waals surface area contributed by atoms with E-state index in [1.165, 1.54) is 34.7 Å². The third-order valence-corrected chi connectivity index (χ3v) is 5.81. The van der Waals surface area contributed by atoms with E-state index in [-0.39, 0.29) is 0 Å². The highest BCUT2D eigenvalue weighted by atomic mass is 32.2. The summed E-state index contributed by atoms with van der Waals surface area (Å²) in [7, 11) is 0. The fourth-order valence-corrected chi connectivity index (χ4v) is 4.77. The van der Waals surface area contributed by atoms with Crippen LogP contribution in [-0.4, -0.2) is 12.6 Å². The number of hydrogen-bond donors (Lipinski definition) is 0. The Kier molecular flexibility index (Phi) is 2.59. The maximum atomic E-state index is 2.61. The van der Waals surface area contributed by atoms with Gasteiger partial charge < -0.3 is 4.90 Å². The normalized spacial score (nSPS) is 24.4. The topological polar surface area (TPSA) is 3.24 Å². The summed E-state index contributed by atoms with van der Waals surface area (Å²) in [4.78, 5) is 4.07. The number of nitrogens with zero attached hydrogens (tertiary/aromatic N) is 1. The molecule has 0 fully saturated rings. The van der Waals surface area contributed by atoms with Crippen LogP contribution in [0.4, 0.5) is 5.69 Å². The number of rotatable bonds is 1. The van der Waals surface area contributed by atoms with Crippen LogP contribution in [0.3, 0.4) is 0 Å². The Bertz CT molecular complexity index is 608. The van der Waals surface area contributed by atoms with Crippen LogP contribution in [0.2, 0.25) is 0 Å². The molecule has 0 N–H and O–H groups in total. The fourth-order valence-electron chi connectivity index (χ4n) is 3.34. The second-order valence-electron chi connectivity index (χ2n) is 5.40. The number of para-hydroxylation sites is 1. The highest BCUT2D eigenvalue weighted by Crippen LogP contribution is 2.52. The lowest BCUT2D eigenvalue weighted by molar-refractivity contribution is 0.628. The standard InChI is InChI=1S/C17H17NS/c1-12-17(14-6-3-2-4-7-14)19-15-9-5-8-13-10-11-18(12)16(13)15/h2-9,12,17H,10-11H2,1H3/t12-,17-/m1/s1. The van der Waals surface area contributed by atoms with Crippen molar-refractivity contribution >= 4 is 17.4 Å². The van der Waals surface area contributed by atoms with Crippen LogP contribution in [0.15, 0.2) is 53.4 Å². The average molecular weight is 267 g/mol. The van der Waals surface area contributed by atoms with E-state index in [1.54, 1.807) is 0 Å². The van der Waals surface area contributed by atoms with E-state index in [0.717, 1.165) is 0 Å². The first-order chi connectivity index (χ1) is 9.34. The first kappa shape index (κ1) is 11.4. The van der Waals surface area contributed by atoms with Crippen molar-refractivity contribution in [3.63, 3.8) is 0 Å². The van der Waals surface area contributed by atoms with Gasteiger partial charge >= 0.3 is 0 Å². The summed E-state index contributed by atoms with van der Waals surface area (Å²) in [5.74, 6) is 0. The lowest BCUT2D eigenvalue weighted by Crippen LogP contribution is -2.37. The van der Waals surface area contributed by atoms with Gasteiger partial charge in [-0.1, -0.05) is 42.5 Å². The molecule has 0 amide bonds. The van der Waals surface area contributed by atoms with Gasteiger partial charge in [0.1, 0.15) is 0 Å². The lowest BCUT2D eigenvalue weighted by atomic mass is 10.0. The predicted octanol–water partition coefficient (Wildman–Crippen LogP) is 4.28. The fraction of sp³-hybridized carbons (Fsp3) is 0.294. The molecule has 2 aliphatic heterocycles. The second kappa shape index (κ2) is 4.31. The van der Waals surface area contributed by atoms with E-state index in [9.17, 15) is 0 Å². The Morgan fingerprint density at radius 1 is 1.05 bits per heavy atom. The van der Waals surface area contributed by atoms with Crippen LogP contribution >= 0.6 is 11.8 Å². The molecule has 0 spiro atoms. The lowest BCUT2D eigenvalue weighted by Gasteiger charge is -2.39. The van der Waals surface area contributed by atoms with E-state index < -0.39 is 0 Å². The van der Waals surface area contributed by atoms with Crippen LogP contribution < -0.4 is 4.90 Å². The molecule has 2 heteroatoms. The zero-order valence-electron chi connectivity index (χ0n) is 11.0. The predicted molar refractivity (Wildman–Crippen MR) is 82.0 cm³/mol. The molecule has 96 valence electrons. The molecular weight excluding hydrogens is 250 g/mol. The molecule has 2 aliphatic rings. The molecule has 0 bridgehead atoms. The highest BCUT2D eigenvalue weighted by Gasteiger charge is 2.36. The molecular formula is C17H17NS. The molecule has 19 heavy (non-hydrogen) atoms. The SMILES string of the molecule is C[C@@H]1[C@H](c2ccccc2)Sc2cccc3c2N1CC3. The number of anilines is 1. The van der Waals surface area contributed by atoms with Gasteiger partial charge in [-0.2, -0.15) is 0 Å². The van der Waals surface area contributed by atoms with E-state index in [2.05, 4.69) is 60.4 Å². The molecule has 0 unspecified atom stereocenters. The second-order valence-corrected chi connectivity index (χ2v) is 6.58. The smallest absolute Gasteiger partial charge is 0.0546 e. The Balaban J connectivity index is 1.80. The van der Waals surface area contributed by atoms with Crippen molar-refractivity contribution in [2.75, 3.05) is 11.4 Å². The Morgan fingerprint density at radius 3 is 2.74 bits per heavy atom. The van der Waals surface area contributed by atoms with Gasteiger partial charge in [-0.25, -0.2) is 0 Å². The summed E-state index contributed by atoms with van der Waals surface area (Å²) in [5.41, 5.74) is 4.48. The zero-order valence-corrected chi connectivity index (χ0v) is 11.9. The molecule has 0 aromatic heterocycles. The van der Waals surface area contributed by atoms with E-state index in [4.69, 9.17) is 0 Å². The van der Waals surface area contributed by atoms with E-state index >= 15 is 0 Å². The van der Waals surface area contributed by atoms with Crippen molar-refractivity contribution in [1.82, 2.24) is 0 Å². The third-order valence-electron chi connectivity index (χ3n) is 4.30. The number of thioether (sulfide) groups is 1. The van der Waals surface area contributed by atoms with Gasteiger partial charge in [-0.3, -0.25) is 0 Å². The molecule has 0 radical (unpaired) electrons. The van der Waals surface area contributed by atoms with Crippen molar-refractivity contribution in [3.05, 3.63) is 59.7 Å². The van der Waals surface area contributed by atoms with Crippen LogP contribution in [0.5, 0.6) is 0 Å². The Labute approximate surface area is 118 Å². The third kappa shape index (κ3) is 1.70. The Hall–Kier alpha value is -1.41. The summed E-state index contributed by atoms with van der Waals surface area (Å²) in [6.07, 6.45) is 1.20. The highest BCUT2D eigenvalue weighted by molar-refractivity contribution is 7.99. The van der Waals surface area contributed by atoms with Crippen LogP contribution in [0.25, 0.3) is 0 Å². The molecule has 2 aromatic rings. The molecule has 2 atom stereocenters. The van der Waals surface area contributed by atoms with Gasteiger partial charge in [-0.15, -0.1) is 11.8 Å². The van der Waals surface area contributed by atoms with Crippen molar-refractivity contribution < 1.29 is 0 Å². The molecule has 0 saturated carbocycles. The van der Waals surface area contributed by atoms with Crippen LogP contribution in [0.1, 0.15) is 23.3 Å². The van der Waals surface area contributed by atoms with Gasteiger partial charge in [-0.05, 0) is 30.5 Å². The van der Waals surface area contributed by atoms with E-state index in [0.29, 0.717) is 11.3 Å². The van der Waals surface area contributed by atoms with Crippen LogP contribution in [-0.2, 0) is 6.42 Å². The monoisotopic (exact) mass is 267 g/mol. The average Bonchev–Trinajstić information content (AvgIpc) is 2.89. The summed E-state index contributed by atoms with van der Waals surface area (Å²) < 4.78 is 0. The van der Waals surface area contributed by atoms with Crippen molar-refractivity contribution in [2.45, 2.75) is 29.5 Å². The van der Waals surface area contributed by atoms with Gasteiger partial charge in [0, 0.05) is 17.5 Å². The minimum atomic E-state index is 0.544. The summed E-state index contributed by atoms with van der Waals surface area (Å²) in [6, 6.07) is 18.3. The first-order valence-electron chi connectivity index (χ1n) is 6.95. The summed E-state index contributed by atoms with van der Waals surface area (Å²) in [6.45, 7) is 3.55. The maximum absolute atomic E-state index is 2.61. The molecule has 0 aliphatic carbocycles. The largest absolute Gasteiger partial charge is 0.366 e. The first-order valence-corrected chi connectivity index (χ1v) is 7.83. The summed E-state index contributed by atoms with van der Waals surface area (Å²) >= 11 is 2.03. The van der Waals surface area contributed by atoms with Crippen LogP contribution in [0, 0.1) is 0 Å². The van der Waals surface area contributed by atoms with Crippen molar-refractivity contribution in [3.8, 4) is 0 Å². The molecule has 0 saturated heterocycles. The molecule has 2 aromatic carbocycles. The maximum Gasteiger partial charge on any atom is 0.0546 e. The molecule has 1 nitrogen and oxygen atoms in total. The minimum absolute atomic E-state index is 0.544. The van der Waals surface area contributed by atoms with Gasteiger partial charge in [0.2, 0.25) is 0 Å². The zero-order chi connectivity index (χ0) is 12.8. The Morgan fingerprint density at radius 2 is 1.89 bits per heavy atom. The van der Waals surface area contributed by atoms with E-state index in [1.807, 2.05) is 11.8 Å². The number of hydrogen-bond acceptors (Lipinski definition) is 2. The minimum Gasteiger partial charge on any atom is -0.366 e. The van der Waals surface area contributed by atoms with Gasteiger partial charge in [0.15, 0.2) is 0 Å². The summed E-state index contributed by atoms with van der Waals surface area (Å²) in [5, 5.41) is 0.544. The molecule has 4 rings (SSSR count). The van der Waals surface area contributed by atoms with Gasteiger partial charge in [0.05, 0.1) is 10.9 Å². The number of benzene rings is 2.